The van der Waals surface area contributed by atoms with E-state index in [0.717, 1.165) is 19.3 Å². The molecule has 240 valence electrons. The molecule has 2 atom stereocenters. The summed E-state index contributed by atoms with van der Waals surface area (Å²) in [5.41, 5.74) is -0.134. The SMILES string of the molecule is CCCCCCCCCCCCCCCCCCOC(=O)C(C)NP(=O)(Oc1ccccc1)Oc1ccc([N+](=O)[O-])cc1. The zero-order valence-electron chi connectivity index (χ0n) is 26.0. The minimum Gasteiger partial charge on any atom is -0.465 e. The number of non-ortho nitro benzene ring substituents is 1. The number of para-hydroxylation sites is 1. The molecule has 0 amide bonds. The van der Waals surface area contributed by atoms with Gasteiger partial charge in [-0.25, -0.2) is 4.57 Å². The van der Waals surface area contributed by atoms with Crippen LogP contribution in [-0.4, -0.2) is 23.5 Å². The van der Waals surface area contributed by atoms with Crippen molar-refractivity contribution in [3.8, 4) is 11.5 Å². The fraction of sp³-hybridized carbons (Fsp3) is 0.606. The third-order valence-corrected chi connectivity index (χ3v) is 8.80. The molecule has 0 aliphatic rings. The highest BCUT2D eigenvalue weighted by Gasteiger charge is 2.34. The van der Waals surface area contributed by atoms with Crippen LogP contribution in [-0.2, 0) is 14.1 Å². The molecular weight excluding hydrogens is 567 g/mol. The maximum Gasteiger partial charge on any atom is 0.513 e. The average Bonchev–Trinajstić information content (AvgIpc) is 2.99. The number of nitrogens with one attached hydrogen (secondary N) is 1. The normalized spacial score (nSPS) is 13.2. The van der Waals surface area contributed by atoms with E-state index >= 15 is 0 Å². The van der Waals surface area contributed by atoms with E-state index in [2.05, 4.69) is 12.0 Å². The zero-order valence-corrected chi connectivity index (χ0v) is 26.9. The Labute approximate surface area is 257 Å². The van der Waals surface area contributed by atoms with Gasteiger partial charge in [0.2, 0.25) is 0 Å². The molecule has 9 nitrogen and oxygen atoms in total. The summed E-state index contributed by atoms with van der Waals surface area (Å²) in [5.74, 6) is -0.203. The van der Waals surface area contributed by atoms with Crippen molar-refractivity contribution in [3.63, 3.8) is 0 Å². The third kappa shape index (κ3) is 16.5. The molecule has 43 heavy (non-hydrogen) atoms. The number of hydrogen-bond acceptors (Lipinski definition) is 7. The van der Waals surface area contributed by atoms with E-state index in [1.54, 1.807) is 30.3 Å². The van der Waals surface area contributed by atoms with Crippen LogP contribution >= 0.6 is 7.75 Å². The van der Waals surface area contributed by atoms with Gasteiger partial charge in [-0.2, -0.15) is 5.09 Å². The van der Waals surface area contributed by atoms with Crippen LogP contribution in [0.1, 0.15) is 117 Å². The van der Waals surface area contributed by atoms with E-state index in [9.17, 15) is 19.5 Å². The molecule has 0 saturated heterocycles. The highest BCUT2D eigenvalue weighted by Crippen LogP contribution is 2.45. The Morgan fingerprint density at radius 2 is 1.19 bits per heavy atom. The Morgan fingerprint density at radius 3 is 1.65 bits per heavy atom. The van der Waals surface area contributed by atoms with Crippen molar-refractivity contribution >= 4 is 19.4 Å². The van der Waals surface area contributed by atoms with Crippen molar-refractivity contribution in [2.45, 2.75) is 123 Å². The van der Waals surface area contributed by atoms with Crippen molar-refractivity contribution in [2.24, 2.45) is 0 Å². The first-order valence-corrected chi connectivity index (χ1v) is 17.6. The van der Waals surface area contributed by atoms with Gasteiger partial charge in [0.05, 0.1) is 11.5 Å². The van der Waals surface area contributed by atoms with Gasteiger partial charge in [0, 0.05) is 12.1 Å². The van der Waals surface area contributed by atoms with Crippen molar-refractivity contribution < 1.29 is 28.1 Å². The molecule has 2 rings (SSSR count). The highest BCUT2D eigenvalue weighted by atomic mass is 31.2. The monoisotopic (exact) mass is 618 g/mol. The van der Waals surface area contributed by atoms with E-state index in [1.165, 1.54) is 115 Å². The van der Waals surface area contributed by atoms with Gasteiger partial charge in [0.15, 0.2) is 0 Å². The predicted octanol–water partition coefficient (Wildman–Crippen LogP) is 9.94. The molecular formula is C33H51N2O7P. The fourth-order valence-corrected chi connectivity index (χ4v) is 6.22. The number of ether oxygens (including phenoxy) is 1. The lowest BCUT2D eigenvalue weighted by Gasteiger charge is -2.23. The number of rotatable bonds is 25. The van der Waals surface area contributed by atoms with Crippen LogP contribution in [0.4, 0.5) is 5.69 Å². The molecule has 0 aromatic heterocycles. The largest absolute Gasteiger partial charge is 0.513 e. The summed E-state index contributed by atoms with van der Waals surface area (Å²) in [5, 5.41) is 13.6. The molecule has 10 heteroatoms. The quantitative estimate of drug-likeness (QED) is 0.0384. The molecule has 0 radical (unpaired) electrons. The van der Waals surface area contributed by atoms with Gasteiger partial charge < -0.3 is 13.8 Å². The number of nitro groups is 1. The second-order valence-electron chi connectivity index (χ2n) is 11.1. The number of carbonyl (C=O) groups is 1. The molecule has 0 spiro atoms. The van der Waals surface area contributed by atoms with Crippen molar-refractivity contribution in [3.05, 3.63) is 64.7 Å². The lowest BCUT2D eigenvalue weighted by molar-refractivity contribution is -0.384. The summed E-state index contributed by atoms with van der Waals surface area (Å²) in [4.78, 5) is 23.0. The molecule has 1 N–H and O–H groups in total. The molecule has 2 aromatic rings. The summed E-state index contributed by atoms with van der Waals surface area (Å²) in [6, 6.07) is 12.5. The maximum atomic E-state index is 13.6. The minimum absolute atomic E-state index is 0.0890. The first kappa shape index (κ1) is 36.3. The number of hydrogen-bond donors (Lipinski definition) is 1. The van der Waals surface area contributed by atoms with E-state index in [0.29, 0.717) is 0 Å². The molecule has 2 unspecified atom stereocenters. The number of nitrogens with zero attached hydrogens (tertiary/aromatic N) is 1. The van der Waals surface area contributed by atoms with Crippen LogP contribution in [0.3, 0.4) is 0 Å². The van der Waals surface area contributed by atoms with Crippen LogP contribution in [0.2, 0.25) is 0 Å². The first-order valence-electron chi connectivity index (χ1n) is 16.1. The van der Waals surface area contributed by atoms with Gasteiger partial charge in [0.1, 0.15) is 17.5 Å². The second-order valence-corrected chi connectivity index (χ2v) is 12.7. The number of unbranched alkanes of at least 4 members (excludes halogenated alkanes) is 15. The smallest absolute Gasteiger partial charge is 0.465 e. The lowest BCUT2D eigenvalue weighted by atomic mass is 10.0. The highest BCUT2D eigenvalue weighted by molar-refractivity contribution is 7.52. The molecule has 0 heterocycles. The van der Waals surface area contributed by atoms with Crippen molar-refractivity contribution in [2.75, 3.05) is 6.61 Å². The Balaban J connectivity index is 1.63. The van der Waals surface area contributed by atoms with Gasteiger partial charge in [0.25, 0.3) is 5.69 Å². The molecule has 2 aromatic carbocycles. The van der Waals surface area contributed by atoms with Gasteiger partial charge >= 0.3 is 13.7 Å². The molecule has 0 bridgehead atoms. The van der Waals surface area contributed by atoms with Crippen LogP contribution in [0.25, 0.3) is 0 Å². The summed E-state index contributed by atoms with van der Waals surface area (Å²) < 4.78 is 30.2. The number of benzene rings is 2. The number of nitro benzene ring substituents is 1. The Kier molecular flexibility index (Phi) is 18.3. The molecule has 0 saturated carbocycles. The van der Waals surface area contributed by atoms with E-state index < -0.39 is 24.7 Å². The summed E-state index contributed by atoms with van der Waals surface area (Å²) >= 11 is 0. The van der Waals surface area contributed by atoms with Crippen molar-refractivity contribution in [1.29, 1.82) is 0 Å². The lowest BCUT2D eigenvalue weighted by Crippen LogP contribution is -2.36. The number of carbonyl (C=O) groups excluding carboxylic acids is 1. The standard InChI is InChI=1S/C33H51N2O7P/c1-3-4-5-6-7-8-9-10-11-12-13-14-15-16-17-21-28-40-33(36)29(2)34-43(39,41-31-22-19-18-20-23-31)42-32-26-24-30(25-27-32)35(37)38/h18-20,22-27,29H,3-17,21,28H2,1-2H3,(H,34,39). The van der Waals surface area contributed by atoms with Crippen molar-refractivity contribution in [1.82, 2.24) is 5.09 Å². The Bertz CT molecular complexity index is 1080. The second kappa shape index (κ2) is 21.7. The topological polar surface area (TPSA) is 117 Å². The molecule has 0 aliphatic carbocycles. The average molecular weight is 619 g/mol. The zero-order chi connectivity index (χ0) is 31.2. The first-order chi connectivity index (χ1) is 20.8. The Morgan fingerprint density at radius 1 is 0.744 bits per heavy atom. The maximum absolute atomic E-state index is 13.6. The summed E-state index contributed by atoms with van der Waals surface area (Å²) in [6.07, 6.45) is 20.3. The van der Waals surface area contributed by atoms with E-state index in [-0.39, 0.29) is 23.8 Å². The summed E-state index contributed by atoms with van der Waals surface area (Å²) in [6.45, 7) is 4.07. The number of esters is 1. The van der Waals surface area contributed by atoms with Gasteiger partial charge in [-0.1, -0.05) is 121 Å². The van der Waals surface area contributed by atoms with E-state index in [4.69, 9.17) is 13.8 Å². The predicted molar refractivity (Wildman–Crippen MR) is 172 cm³/mol. The van der Waals surface area contributed by atoms with Crippen LogP contribution in [0.5, 0.6) is 11.5 Å². The van der Waals surface area contributed by atoms with Gasteiger partial charge in [-0.3, -0.25) is 14.9 Å². The van der Waals surface area contributed by atoms with Gasteiger partial charge in [-0.15, -0.1) is 0 Å². The molecule has 0 fully saturated rings. The Hall–Kier alpha value is -2.90. The van der Waals surface area contributed by atoms with Crippen LogP contribution < -0.4 is 14.1 Å². The summed E-state index contributed by atoms with van der Waals surface area (Å²) in [7, 11) is -4.11. The van der Waals surface area contributed by atoms with E-state index in [1.807, 2.05) is 0 Å². The van der Waals surface area contributed by atoms with Crippen LogP contribution in [0, 0.1) is 10.1 Å². The minimum atomic E-state index is -4.11. The van der Waals surface area contributed by atoms with Crippen LogP contribution in [0.15, 0.2) is 54.6 Å². The fourth-order valence-electron chi connectivity index (χ4n) is 4.70. The van der Waals surface area contributed by atoms with Gasteiger partial charge in [-0.05, 0) is 37.6 Å². The third-order valence-electron chi connectivity index (χ3n) is 7.19. The molecule has 0 aliphatic heterocycles.